The standard InChI is InChI=1S/C16H16N2O3/c1-21-11-15(19)17-13-9-5-6-10-14(13)18-16(20)12-7-3-2-4-8-12/h2-10H,11H2,1H3,(H,17,19)(H,18,20). The number of hydrogen-bond donors (Lipinski definition) is 2. The van der Waals surface area contributed by atoms with Crippen LogP contribution in [0.1, 0.15) is 10.4 Å². The van der Waals surface area contributed by atoms with Crippen LogP contribution in [-0.4, -0.2) is 25.5 Å². The summed E-state index contributed by atoms with van der Waals surface area (Å²) in [5, 5.41) is 5.47. The van der Waals surface area contributed by atoms with Crippen LogP contribution in [0.3, 0.4) is 0 Å². The van der Waals surface area contributed by atoms with Gasteiger partial charge in [0.15, 0.2) is 0 Å². The lowest BCUT2D eigenvalue weighted by atomic mass is 10.2. The first-order valence-electron chi connectivity index (χ1n) is 6.45. The van der Waals surface area contributed by atoms with Gasteiger partial charge >= 0.3 is 0 Å². The lowest BCUT2D eigenvalue weighted by molar-refractivity contribution is -0.119. The molecule has 2 rings (SSSR count). The Morgan fingerprint density at radius 3 is 2.10 bits per heavy atom. The molecule has 0 saturated carbocycles. The average Bonchev–Trinajstić information content (AvgIpc) is 2.50. The lowest BCUT2D eigenvalue weighted by Gasteiger charge is -2.12. The molecule has 2 aromatic rings. The van der Waals surface area contributed by atoms with E-state index in [9.17, 15) is 9.59 Å². The van der Waals surface area contributed by atoms with Crippen LogP contribution in [0.2, 0.25) is 0 Å². The zero-order valence-electron chi connectivity index (χ0n) is 11.6. The van der Waals surface area contributed by atoms with Crippen molar-refractivity contribution in [2.75, 3.05) is 24.4 Å². The smallest absolute Gasteiger partial charge is 0.255 e. The van der Waals surface area contributed by atoms with Crippen LogP contribution in [0, 0.1) is 0 Å². The number of ether oxygens (including phenoxy) is 1. The molecule has 0 aliphatic heterocycles. The zero-order valence-corrected chi connectivity index (χ0v) is 11.6. The number of benzene rings is 2. The molecule has 0 bridgehead atoms. The van der Waals surface area contributed by atoms with Crippen molar-refractivity contribution in [1.29, 1.82) is 0 Å². The van der Waals surface area contributed by atoms with Crippen molar-refractivity contribution < 1.29 is 14.3 Å². The molecule has 108 valence electrons. The van der Waals surface area contributed by atoms with Gasteiger partial charge in [0.2, 0.25) is 5.91 Å². The molecule has 0 aliphatic rings. The van der Waals surface area contributed by atoms with Gasteiger partial charge in [0, 0.05) is 12.7 Å². The summed E-state index contributed by atoms with van der Waals surface area (Å²) in [5.74, 6) is -0.511. The second-order valence-electron chi connectivity index (χ2n) is 4.35. The number of hydrogen-bond acceptors (Lipinski definition) is 3. The summed E-state index contributed by atoms with van der Waals surface area (Å²) in [5.41, 5.74) is 1.62. The van der Waals surface area contributed by atoms with E-state index in [1.54, 1.807) is 48.5 Å². The minimum atomic E-state index is -0.279. The monoisotopic (exact) mass is 284 g/mol. The van der Waals surface area contributed by atoms with Crippen molar-refractivity contribution in [2.24, 2.45) is 0 Å². The van der Waals surface area contributed by atoms with Crippen LogP contribution < -0.4 is 10.6 Å². The summed E-state index contributed by atoms with van der Waals surface area (Å²) in [4.78, 5) is 23.7. The largest absolute Gasteiger partial charge is 0.375 e. The third-order valence-electron chi connectivity index (χ3n) is 2.76. The molecule has 21 heavy (non-hydrogen) atoms. The molecule has 0 heterocycles. The van der Waals surface area contributed by atoms with Gasteiger partial charge < -0.3 is 15.4 Å². The van der Waals surface area contributed by atoms with Gasteiger partial charge in [-0.15, -0.1) is 0 Å². The number of carbonyl (C=O) groups is 2. The summed E-state index contributed by atoms with van der Waals surface area (Å²) in [6.07, 6.45) is 0. The van der Waals surface area contributed by atoms with Crippen LogP contribution in [0.25, 0.3) is 0 Å². The highest BCUT2D eigenvalue weighted by molar-refractivity contribution is 6.07. The summed E-state index contributed by atoms with van der Waals surface area (Å²) in [6.45, 7) is -0.0407. The summed E-state index contributed by atoms with van der Waals surface area (Å²) in [6, 6.07) is 15.9. The maximum atomic E-state index is 12.1. The number of amides is 2. The molecule has 5 nitrogen and oxygen atoms in total. The van der Waals surface area contributed by atoms with Crippen molar-refractivity contribution in [1.82, 2.24) is 0 Å². The zero-order chi connectivity index (χ0) is 15.1. The van der Waals surface area contributed by atoms with Gasteiger partial charge in [-0.1, -0.05) is 30.3 Å². The topological polar surface area (TPSA) is 67.4 Å². The van der Waals surface area contributed by atoms with Gasteiger partial charge in [0.25, 0.3) is 5.91 Å². The number of methoxy groups -OCH3 is 1. The van der Waals surface area contributed by atoms with Crippen molar-refractivity contribution in [3.05, 3.63) is 60.2 Å². The highest BCUT2D eigenvalue weighted by Crippen LogP contribution is 2.21. The van der Waals surface area contributed by atoms with Crippen LogP contribution in [0.15, 0.2) is 54.6 Å². The fourth-order valence-electron chi connectivity index (χ4n) is 1.80. The second-order valence-corrected chi connectivity index (χ2v) is 4.35. The fraction of sp³-hybridized carbons (Fsp3) is 0.125. The van der Waals surface area contributed by atoms with Crippen LogP contribution in [0.5, 0.6) is 0 Å². The van der Waals surface area contributed by atoms with E-state index in [1.807, 2.05) is 6.07 Å². The fourth-order valence-corrected chi connectivity index (χ4v) is 1.80. The molecule has 0 atom stereocenters. The first-order valence-corrected chi connectivity index (χ1v) is 6.45. The average molecular weight is 284 g/mol. The van der Waals surface area contributed by atoms with E-state index in [-0.39, 0.29) is 18.4 Å². The van der Waals surface area contributed by atoms with E-state index >= 15 is 0 Å². The van der Waals surface area contributed by atoms with Crippen molar-refractivity contribution >= 4 is 23.2 Å². The van der Waals surface area contributed by atoms with E-state index in [2.05, 4.69) is 10.6 Å². The summed E-state index contributed by atoms with van der Waals surface area (Å²) in [7, 11) is 1.45. The predicted molar refractivity (Wildman–Crippen MR) is 81.3 cm³/mol. The van der Waals surface area contributed by atoms with Gasteiger partial charge in [-0.3, -0.25) is 9.59 Å². The van der Waals surface area contributed by atoms with Gasteiger partial charge in [0.1, 0.15) is 6.61 Å². The van der Waals surface area contributed by atoms with Gasteiger partial charge in [-0.2, -0.15) is 0 Å². The summed E-state index contributed by atoms with van der Waals surface area (Å²) >= 11 is 0. The first kappa shape index (κ1) is 14.7. The van der Waals surface area contributed by atoms with Crippen molar-refractivity contribution in [3.63, 3.8) is 0 Å². The van der Waals surface area contributed by atoms with E-state index in [4.69, 9.17) is 4.74 Å². The molecule has 0 fully saturated rings. The Bertz CT molecular complexity index is 626. The molecule has 0 saturated heterocycles. The number of nitrogens with one attached hydrogen (secondary N) is 2. The molecule has 0 aromatic heterocycles. The van der Waals surface area contributed by atoms with Gasteiger partial charge in [0.05, 0.1) is 11.4 Å². The minimum absolute atomic E-state index is 0.0407. The number of para-hydroxylation sites is 2. The van der Waals surface area contributed by atoms with Gasteiger partial charge in [-0.05, 0) is 24.3 Å². The molecule has 5 heteroatoms. The summed E-state index contributed by atoms with van der Waals surface area (Å²) < 4.78 is 4.77. The second kappa shape index (κ2) is 7.21. The lowest BCUT2D eigenvalue weighted by Crippen LogP contribution is -2.19. The molecule has 0 radical (unpaired) electrons. The molecule has 2 aromatic carbocycles. The third kappa shape index (κ3) is 4.15. The van der Waals surface area contributed by atoms with E-state index < -0.39 is 0 Å². The van der Waals surface area contributed by atoms with Crippen LogP contribution in [-0.2, 0) is 9.53 Å². The Labute approximate surface area is 122 Å². The molecule has 2 amide bonds. The number of anilines is 2. The molecule has 0 aliphatic carbocycles. The predicted octanol–water partition coefficient (Wildman–Crippen LogP) is 2.52. The number of rotatable bonds is 5. The molecular weight excluding hydrogens is 268 g/mol. The Kier molecular flexibility index (Phi) is 5.06. The maximum Gasteiger partial charge on any atom is 0.255 e. The molecular formula is C16H16N2O3. The normalized spacial score (nSPS) is 9.95. The Morgan fingerprint density at radius 2 is 1.48 bits per heavy atom. The molecule has 0 spiro atoms. The Balaban J connectivity index is 2.13. The SMILES string of the molecule is COCC(=O)Nc1ccccc1NC(=O)c1ccccc1. The van der Waals surface area contributed by atoms with E-state index in [1.165, 1.54) is 7.11 Å². The third-order valence-corrected chi connectivity index (χ3v) is 2.76. The molecule has 0 unspecified atom stereocenters. The van der Waals surface area contributed by atoms with E-state index in [0.717, 1.165) is 0 Å². The highest BCUT2D eigenvalue weighted by atomic mass is 16.5. The van der Waals surface area contributed by atoms with Crippen LogP contribution in [0.4, 0.5) is 11.4 Å². The Hall–Kier alpha value is -2.66. The maximum absolute atomic E-state index is 12.1. The quantitative estimate of drug-likeness (QED) is 0.886. The molecule has 2 N–H and O–H groups in total. The van der Waals surface area contributed by atoms with Crippen molar-refractivity contribution in [2.45, 2.75) is 0 Å². The van der Waals surface area contributed by atoms with E-state index in [0.29, 0.717) is 16.9 Å². The first-order chi connectivity index (χ1) is 10.2. The highest BCUT2D eigenvalue weighted by Gasteiger charge is 2.10. The minimum Gasteiger partial charge on any atom is -0.375 e. The number of carbonyl (C=O) groups excluding carboxylic acids is 2. The Morgan fingerprint density at radius 1 is 0.905 bits per heavy atom. The van der Waals surface area contributed by atoms with Crippen molar-refractivity contribution in [3.8, 4) is 0 Å². The van der Waals surface area contributed by atoms with Gasteiger partial charge in [-0.25, -0.2) is 0 Å². The van der Waals surface area contributed by atoms with Crippen LogP contribution >= 0.6 is 0 Å².